The first-order valence-corrected chi connectivity index (χ1v) is 7.66. The van der Waals surface area contributed by atoms with E-state index in [0.29, 0.717) is 11.3 Å². The normalized spacial score (nSPS) is 12.6. The van der Waals surface area contributed by atoms with Crippen LogP contribution < -0.4 is 5.46 Å². The van der Waals surface area contributed by atoms with Crippen molar-refractivity contribution in [3.05, 3.63) is 95.8 Å². The van der Waals surface area contributed by atoms with Crippen molar-refractivity contribution < 1.29 is 17.8 Å². The molecule has 0 spiro atoms. The molecular formula is C19H14BF3NO. The smallest absolute Gasteiger partial charge is 0.416 e. The molecule has 1 unspecified atom stereocenters. The van der Waals surface area contributed by atoms with E-state index in [-0.39, 0.29) is 0 Å². The summed E-state index contributed by atoms with van der Waals surface area (Å²) in [4.78, 5) is 4.27. The third kappa shape index (κ3) is 4.48. The lowest BCUT2D eigenvalue weighted by molar-refractivity contribution is -0.137. The van der Waals surface area contributed by atoms with Crippen LogP contribution in [0.15, 0.2) is 79.0 Å². The van der Waals surface area contributed by atoms with Crippen LogP contribution >= 0.6 is 0 Å². The summed E-state index contributed by atoms with van der Waals surface area (Å²) in [5, 5.41) is 0. The van der Waals surface area contributed by atoms with Crippen molar-refractivity contribution in [1.29, 1.82) is 0 Å². The van der Waals surface area contributed by atoms with E-state index in [1.54, 1.807) is 25.8 Å². The van der Waals surface area contributed by atoms with Crippen molar-refractivity contribution >= 4 is 12.9 Å². The average molecular weight is 340 g/mol. The van der Waals surface area contributed by atoms with E-state index in [4.69, 9.17) is 4.65 Å². The SMILES string of the molecule is FC(F)(F)c1ccc(C(O[B]c2ccccc2)c2ccccn2)cc1. The van der Waals surface area contributed by atoms with Gasteiger partial charge >= 0.3 is 13.7 Å². The highest BCUT2D eigenvalue weighted by atomic mass is 19.4. The minimum Gasteiger partial charge on any atom is -0.422 e. The van der Waals surface area contributed by atoms with Gasteiger partial charge in [-0.1, -0.05) is 54.0 Å². The molecule has 1 aromatic heterocycles. The van der Waals surface area contributed by atoms with E-state index in [0.717, 1.165) is 17.6 Å². The molecule has 0 bridgehead atoms. The topological polar surface area (TPSA) is 22.1 Å². The zero-order valence-electron chi connectivity index (χ0n) is 13.1. The molecule has 0 saturated carbocycles. The molecule has 0 fully saturated rings. The number of hydrogen-bond donors (Lipinski definition) is 0. The Hall–Kier alpha value is -2.60. The molecule has 0 N–H and O–H groups in total. The molecule has 2 nitrogen and oxygen atoms in total. The number of alkyl halides is 3. The second-order valence-corrected chi connectivity index (χ2v) is 5.42. The number of aromatic nitrogens is 1. The molecule has 1 atom stereocenters. The number of pyridine rings is 1. The molecule has 2 aromatic carbocycles. The number of halogens is 3. The summed E-state index contributed by atoms with van der Waals surface area (Å²) in [7, 11) is 1.58. The van der Waals surface area contributed by atoms with Crippen LogP contribution in [-0.2, 0) is 10.8 Å². The molecule has 3 rings (SSSR count). The summed E-state index contributed by atoms with van der Waals surface area (Å²) < 4.78 is 44.1. The highest BCUT2D eigenvalue weighted by Gasteiger charge is 2.30. The largest absolute Gasteiger partial charge is 0.422 e. The third-order valence-electron chi connectivity index (χ3n) is 3.64. The van der Waals surface area contributed by atoms with Crippen molar-refractivity contribution in [2.75, 3.05) is 0 Å². The average Bonchev–Trinajstić information content (AvgIpc) is 2.63. The number of benzene rings is 2. The van der Waals surface area contributed by atoms with Crippen LogP contribution in [0, 0.1) is 0 Å². The van der Waals surface area contributed by atoms with Gasteiger partial charge in [0.2, 0.25) is 0 Å². The first-order valence-electron chi connectivity index (χ1n) is 7.66. The van der Waals surface area contributed by atoms with Crippen LogP contribution in [0.3, 0.4) is 0 Å². The second kappa shape index (κ2) is 7.53. The molecule has 0 aliphatic carbocycles. The molecule has 0 saturated heterocycles. The molecule has 0 amide bonds. The van der Waals surface area contributed by atoms with Crippen LogP contribution in [0.25, 0.3) is 0 Å². The van der Waals surface area contributed by atoms with E-state index in [9.17, 15) is 13.2 Å². The highest BCUT2D eigenvalue weighted by Crippen LogP contribution is 2.31. The summed E-state index contributed by atoms with van der Waals surface area (Å²) in [6.45, 7) is 0. The Morgan fingerprint density at radius 2 is 1.52 bits per heavy atom. The maximum absolute atomic E-state index is 12.8. The maximum atomic E-state index is 12.8. The second-order valence-electron chi connectivity index (χ2n) is 5.42. The zero-order valence-corrected chi connectivity index (χ0v) is 13.1. The minimum absolute atomic E-state index is 0.594. The van der Waals surface area contributed by atoms with Gasteiger partial charge in [0.05, 0.1) is 11.3 Å². The first kappa shape index (κ1) is 17.2. The molecular weight excluding hydrogens is 326 g/mol. The number of rotatable bonds is 5. The van der Waals surface area contributed by atoms with E-state index in [1.807, 2.05) is 36.4 Å². The standard InChI is InChI=1S/C19H14BF3NO/c21-19(22,23)15-11-9-14(10-12-15)18(17-8-4-5-13-24-17)25-20-16-6-2-1-3-7-16/h1-13,18H. The fourth-order valence-corrected chi connectivity index (χ4v) is 2.38. The predicted octanol–water partition coefficient (Wildman–Crippen LogP) is 4.15. The Balaban J connectivity index is 1.86. The van der Waals surface area contributed by atoms with Crippen LogP contribution in [0.5, 0.6) is 0 Å². The molecule has 3 aromatic rings. The fraction of sp³-hybridized carbons (Fsp3) is 0.105. The maximum Gasteiger partial charge on any atom is 0.416 e. The van der Waals surface area contributed by atoms with E-state index in [2.05, 4.69) is 4.98 Å². The van der Waals surface area contributed by atoms with Crippen molar-refractivity contribution in [2.45, 2.75) is 12.3 Å². The summed E-state index contributed by atoms with van der Waals surface area (Å²) in [5.74, 6) is 0. The Morgan fingerprint density at radius 1 is 0.840 bits per heavy atom. The van der Waals surface area contributed by atoms with Gasteiger partial charge < -0.3 is 4.65 Å². The van der Waals surface area contributed by atoms with Crippen LogP contribution in [0.1, 0.15) is 22.9 Å². The summed E-state index contributed by atoms with van der Waals surface area (Å²) in [6, 6.07) is 19.7. The van der Waals surface area contributed by atoms with Crippen LogP contribution in [0.2, 0.25) is 0 Å². The van der Waals surface area contributed by atoms with Gasteiger partial charge in [-0.15, -0.1) is 0 Å². The van der Waals surface area contributed by atoms with Crippen LogP contribution in [0.4, 0.5) is 13.2 Å². The predicted molar refractivity (Wildman–Crippen MR) is 90.4 cm³/mol. The molecule has 6 heteroatoms. The van der Waals surface area contributed by atoms with Gasteiger partial charge in [-0.2, -0.15) is 13.2 Å². The van der Waals surface area contributed by atoms with Crippen molar-refractivity contribution in [3.63, 3.8) is 0 Å². The van der Waals surface area contributed by atoms with Gasteiger partial charge in [0, 0.05) is 6.20 Å². The van der Waals surface area contributed by atoms with Gasteiger partial charge in [0.15, 0.2) is 0 Å². The Labute approximate surface area is 144 Å². The molecule has 125 valence electrons. The minimum atomic E-state index is -4.37. The Kier molecular flexibility index (Phi) is 5.19. The molecule has 25 heavy (non-hydrogen) atoms. The summed E-state index contributed by atoms with van der Waals surface area (Å²) in [5.41, 5.74) is 1.38. The lowest BCUT2D eigenvalue weighted by Crippen LogP contribution is -2.21. The van der Waals surface area contributed by atoms with E-state index >= 15 is 0 Å². The Morgan fingerprint density at radius 3 is 2.12 bits per heavy atom. The lowest BCUT2D eigenvalue weighted by atomic mass is 9.87. The monoisotopic (exact) mass is 340 g/mol. The summed E-state index contributed by atoms with van der Waals surface area (Å²) >= 11 is 0. The molecule has 1 heterocycles. The van der Waals surface area contributed by atoms with Crippen LogP contribution in [-0.4, -0.2) is 12.5 Å². The first-order chi connectivity index (χ1) is 12.0. The van der Waals surface area contributed by atoms with Crippen molar-refractivity contribution in [2.24, 2.45) is 0 Å². The Bertz CT molecular complexity index is 792. The number of hydrogen-bond acceptors (Lipinski definition) is 2. The highest BCUT2D eigenvalue weighted by molar-refractivity contribution is 6.46. The van der Waals surface area contributed by atoms with E-state index in [1.165, 1.54) is 12.1 Å². The quantitative estimate of drug-likeness (QED) is 0.651. The molecule has 0 aliphatic heterocycles. The van der Waals surface area contributed by atoms with Gasteiger partial charge in [-0.05, 0) is 29.8 Å². The number of nitrogens with zero attached hydrogens (tertiary/aromatic N) is 1. The van der Waals surface area contributed by atoms with Gasteiger partial charge in [-0.25, -0.2) is 0 Å². The third-order valence-corrected chi connectivity index (χ3v) is 3.64. The molecule has 1 radical (unpaired) electrons. The van der Waals surface area contributed by atoms with Gasteiger partial charge in [0.25, 0.3) is 0 Å². The van der Waals surface area contributed by atoms with Gasteiger partial charge in [0.1, 0.15) is 6.10 Å². The van der Waals surface area contributed by atoms with Crippen molar-refractivity contribution in [1.82, 2.24) is 4.98 Å². The van der Waals surface area contributed by atoms with Crippen molar-refractivity contribution in [3.8, 4) is 0 Å². The van der Waals surface area contributed by atoms with E-state index < -0.39 is 17.8 Å². The van der Waals surface area contributed by atoms with Gasteiger partial charge in [-0.3, -0.25) is 4.98 Å². The summed E-state index contributed by atoms with van der Waals surface area (Å²) in [6.07, 6.45) is -3.34. The molecule has 0 aliphatic rings. The lowest BCUT2D eigenvalue weighted by Gasteiger charge is -2.19. The fourth-order valence-electron chi connectivity index (χ4n) is 2.38. The zero-order chi connectivity index (χ0) is 17.7.